The van der Waals surface area contributed by atoms with Crippen LogP contribution in [0.2, 0.25) is 0 Å². The Kier molecular flexibility index (Phi) is 5.21. The van der Waals surface area contributed by atoms with Crippen molar-refractivity contribution in [3.05, 3.63) is 48.3 Å². The maximum absolute atomic E-state index is 5.14. The molecule has 0 spiro atoms. The van der Waals surface area contributed by atoms with Crippen LogP contribution in [0.25, 0.3) is 5.69 Å². The standard InChI is InChI=1S/C17H24N4O/c1-22-14-13-19-9-11-20(12-10-19)15-16-7-8-21(18-16)17-5-3-2-4-6-17/h2-8H,9-15H2,1H3. The number of hydrogen-bond acceptors (Lipinski definition) is 4. The third kappa shape index (κ3) is 3.94. The molecule has 0 radical (unpaired) electrons. The topological polar surface area (TPSA) is 33.5 Å². The highest BCUT2D eigenvalue weighted by atomic mass is 16.5. The Morgan fingerprint density at radius 1 is 1.00 bits per heavy atom. The van der Waals surface area contributed by atoms with Gasteiger partial charge in [0.15, 0.2) is 0 Å². The van der Waals surface area contributed by atoms with Gasteiger partial charge in [-0.2, -0.15) is 5.10 Å². The average Bonchev–Trinajstić information content (AvgIpc) is 3.04. The molecule has 1 aromatic carbocycles. The zero-order chi connectivity index (χ0) is 15.2. The molecule has 0 unspecified atom stereocenters. The molecular formula is C17H24N4O. The number of ether oxygens (including phenoxy) is 1. The third-order valence-electron chi connectivity index (χ3n) is 4.13. The smallest absolute Gasteiger partial charge is 0.0769 e. The van der Waals surface area contributed by atoms with Crippen LogP contribution in [0.15, 0.2) is 42.6 Å². The van der Waals surface area contributed by atoms with E-state index in [0.29, 0.717) is 0 Å². The summed E-state index contributed by atoms with van der Waals surface area (Å²) in [4.78, 5) is 4.93. The van der Waals surface area contributed by atoms with Crippen LogP contribution >= 0.6 is 0 Å². The van der Waals surface area contributed by atoms with Crippen molar-refractivity contribution in [2.75, 3.05) is 46.4 Å². The summed E-state index contributed by atoms with van der Waals surface area (Å²) in [5.74, 6) is 0. The van der Waals surface area contributed by atoms with E-state index in [1.807, 2.05) is 29.1 Å². The first-order chi connectivity index (χ1) is 10.8. The first-order valence-electron chi connectivity index (χ1n) is 7.89. The lowest BCUT2D eigenvalue weighted by Crippen LogP contribution is -2.46. The highest BCUT2D eigenvalue weighted by molar-refractivity contribution is 5.30. The zero-order valence-electron chi connectivity index (χ0n) is 13.2. The fourth-order valence-corrected chi connectivity index (χ4v) is 2.79. The highest BCUT2D eigenvalue weighted by Gasteiger charge is 2.17. The molecule has 22 heavy (non-hydrogen) atoms. The van der Waals surface area contributed by atoms with Gasteiger partial charge in [-0.25, -0.2) is 4.68 Å². The SMILES string of the molecule is COCCN1CCN(Cc2ccn(-c3ccccc3)n2)CC1. The minimum Gasteiger partial charge on any atom is -0.383 e. The molecule has 0 amide bonds. The highest BCUT2D eigenvalue weighted by Crippen LogP contribution is 2.10. The van der Waals surface area contributed by atoms with Gasteiger partial charge in [-0.05, 0) is 18.2 Å². The Balaban J connectivity index is 1.51. The van der Waals surface area contributed by atoms with Gasteiger partial charge in [0.2, 0.25) is 0 Å². The second kappa shape index (κ2) is 7.54. The minimum atomic E-state index is 0.821. The first-order valence-corrected chi connectivity index (χ1v) is 7.89. The molecule has 5 nitrogen and oxygen atoms in total. The van der Waals surface area contributed by atoms with Crippen molar-refractivity contribution in [2.45, 2.75) is 6.54 Å². The molecule has 5 heteroatoms. The second-order valence-corrected chi connectivity index (χ2v) is 5.70. The predicted molar refractivity (Wildman–Crippen MR) is 87.2 cm³/mol. The Hall–Kier alpha value is -1.69. The summed E-state index contributed by atoms with van der Waals surface area (Å²) in [5.41, 5.74) is 2.24. The van der Waals surface area contributed by atoms with E-state index in [2.05, 4.69) is 33.1 Å². The molecule has 0 saturated carbocycles. The van der Waals surface area contributed by atoms with Crippen LogP contribution in [0.3, 0.4) is 0 Å². The van der Waals surface area contributed by atoms with Gasteiger partial charge in [0.1, 0.15) is 0 Å². The van der Waals surface area contributed by atoms with Crippen LogP contribution in [0, 0.1) is 0 Å². The van der Waals surface area contributed by atoms with Gasteiger partial charge in [-0.1, -0.05) is 18.2 Å². The number of piperazine rings is 1. The van der Waals surface area contributed by atoms with Gasteiger partial charge in [-0.15, -0.1) is 0 Å². The number of benzene rings is 1. The van der Waals surface area contributed by atoms with Gasteiger partial charge in [0, 0.05) is 52.6 Å². The molecule has 0 atom stereocenters. The van der Waals surface area contributed by atoms with Crippen molar-refractivity contribution in [1.82, 2.24) is 19.6 Å². The van der Waals surface area contributed by atoms with Crippen molar-refractivity contribution < 1.29 is 4.74 Å². The number of aromatic nitrogens is 2. The van der Waals surface area contributed by atoms with Crippen molar-refractivity contribution in [2.24, 2.45) is 0 Å². The molecule has 2 aromatic rings. The molecule has 2 heterocycles. The van der Waals surface area contributed by atoms with Crippen molar-refractivity contribution >= 4 is 0 Å². The fourth-order valence-electron chi connectivity index (χ4n) is 2.79. The molecule has 118 valence electrons. The van der Waals surface area contributed by atoms with E-state index in [1.165, 1.54) is 0 Å². The monoisotopic (exact) mass is 300 g/mol. The molecule has 0 bridgehead atoms. The Morgan fingerprint density at radius 3 is 2.45 bits per heavy atom. The number of para-hydroxylation sites is 1. The lowest BCUT2D eigenvalue weighted by molar-refractivity contribution is 0.0932. The largest absolute Gasteiger partial charge is 0.383 e. The number of methoxy groups -OCH3 is 1. The molecule has 1 saturated heterocycles. The lowest BCUT2D eigenvalue weighted by Gasteiger charge is -2.34. The van der Waals surface area contributed by atoms with Crippen LogP contribution in [-0.4, -0.2) is 66.0 Å². The van der Waals surface area contributed by atoms with Crippen LogP contribution in [0.5, 0.6) is 0 Å². The van der Waals surface area contributed by atoms with Crippen LogP contribution < -0.4 is 0 Å². The number of hydrogen-bond donors (Lipinski definition) is 0. The predicted octanol–water partition coefficient (Wildman–Crippen LogP) is 1.64. The van der Waals surface area contributed by atoms with E-state index < -0.39 is 0 Å². The normalized spacial score (nSPS) is 17.0. The van der Waals surface area contributed by atoms with Crippen molar-refractivity contribution in [3.63, 3.8) is 0 Å². The molecule has 1 aliphatic heterocycles. The summed E-state index contributed by atoms with van der Waals surface area (Å²) in [7, 11) is 1.76. The molecule has 0 aliphatic carbocycles. The number of nitrogens with zero attached hydrogens (tertiary/aromatic N) is 4. The molecule has 1 aliphatic rings. The van der Waals surface area contributed by atoms with Crippen molar-refractivity contribution in [3.8, 4) is 5.69 Å². The van der Waals surface area contributed by atoms with Gasteiger partial charge in [0.25, 0.3) is 0 Å². The summed E-state index contributed by atoms with van der Waals surface area (Å²) in [6, 6.07) is 12.4. The average molecular weight is 300 g/mol. The molecular weight excluding hydrogens is 276 g/mol. The first kappa shape index (κ1) is 15.2. The Bertz CT molecular complexity index is 561. The summed E-state index contributed by atoms with van der Waals surface area (Å²) in [6.07, 6.45) is 2.04. The molecule has 1 fully saturated rings. The Labute approximate surface area is 132 Å². The second-order valence-electron chi connectivity index (χ2n) is 5.70. The van der Waals surface area contributed by atoms with E-state index in [1.54, 1.807) is 7.11 Å². The van der Waals surface area contributed by atoms with Gasteiger partial charge < -0.3 is 4.74 Å². The molecule has 3 rings (SSSR count). The third-order valence-corrected chi connectivity index (χ3v) is 4.13. The maximum atomic E-state index is 5.14. The summed E-state index contributed by atoms with van der Waals surface area (Å²) in [5, 5.41) is 4.68. The fraction of sp³-hybridized carbons (Fsp3) is 0.471. The summed E-state index contributed by atoms with van der Waals surface area (Å²) >= 11 is 0. The van der Waals surface area contributed by atoms with E-state index in [-0.39, 0.29) is 0 Å². The summed E-state index contributed by atoms with van der Waals surface area (Å²) in [6.45, 7) is 7.21. The van der Waals surface area contributed by atoms with E-state index >= 15 is 0 Å². The minimum absolute atomic E-state index is 0.821. The quantitative estimate of drug-likeness (QED) is 0.812. The van der Waals surface area contributed by atoms with Crippen LogP contribution in [-0.2, 0) is 11.3 Å². The van der Waals surface area contributed by atoms with E-state index in [4.69, 9.17) is 4.74 Å². The van der Waals surface area contributed by atoms with Gasteiger partial charge >= 0.3 is 0 Å². The molecule has 1 aromatic heterocycles. The van der Waals surface area contributed by atoms with Gasteiger partial charge in [-0.3, -0.25) is 9.80 Å². The van der Waals surface area contributed by atoms with Crippen LogP contribution in [0.1, 0.15) is 5.69 Å². The van der Waals surface area contributed by atoms with Gasteiger partial charge in [0.05, 0.1) is 18.0 Å². The van der Waals surface area contributed by atoms with E-state index in [9.17, 15) is 0 Å². The zero-order valence-corrected chi connectivity index (χ0v) is 13.2. The lowest BCUT2D eigenvalue weighted by atomic mass is 10.3. The maximum Gasteiger partial charge on any atom is 0.0769 e. The summed E-state index contributed by atoms with van der Waals surface area (Å²) < 4.78 is 7.09. The Morgan fingerprint density at radius 2 is 1.73 bits per heavy atom. The van der Waals surface area contributed by atoms with E-state index in [0.717, 1.165) is 57.3 Å². The van der Waals surface area contributed by atoms with Crippen LogP contribution in [0.4, 0.5) is 0 Å². The molecule has 0 N–H and O–H groups in total. The number of rotatable bonds is 6. The van der Waals surface area contributed by atoms with Crippen molar-refractivity contribution in [1.29, 1.82) is 0 Å².